The molecule has 118 valence electrons. The van der Waals surface area contributed by atoms with E-state index in [1.54, 1.807) is 26.0 Å². The topological polar surface area (TPSA) is 45.5 Å². The summed E-state index contributed by atoms with van der Waals surface area (Å²) in [6, 6.07) is 8.04. The first-order valence-corrected chi connectivity index (χ1v) is 7.15. The third-order valence-electron chi connectivity index (χ3n) is 3.60. The molecule has 22 heavy (non-hydrogen) atoms. The molecule has 1 aromatic carbocycles. The Morgan fingerprint density at radius 2 is 2.05 bits per heavy atom. The van der Waals surface area contributed by atoms with E-state index in [4.69, 9.17) is 4.42 Å². The normalized spacial score (nSPS) is 12.5. The van der Waals surface area contributed by atoms with Crippen molar-refractivity contribution in [3.05, 3.63) is 58.8 Å². The smallest absolute Gasteiger partial charge is 0.254 e. The number of halogens is 1. The standard InChI is InChI=1S/C17H21FN2O2/c1-11-8-15(12(2)22-11)17(21)19-10-16(20(3)4)13-6-5-7-14(18)9-13/h5-9,16H,10H2,1-4H3,(H,19,21)/t16-/m1/s1. The molecule has 0 fully saturated rings. The van der Waals surface area contributed by atoms with E-state index in [-0.39, 0.29) is 17.8 Å². The highest BCUT2D eigenvalue weighted by atomic mass is 19.1. The Labute approximate surface area is 129 Å². The van der Waals surface area contributed by atoms with Crippen molar-refractivity contribution in [2.24, 2.45) is 0 Å². The van der Waals surface area contributed by atoms with Gasteiger partial charge in [-0.25, -0.2) is 4.39 Å². The molecular formula is C17H21FN2O2. The Bertz CT molecular complexity index is 664. The van der Waals surface area contributed by atoms with Gasteiger partial charge in [0.2, 0.25) is 0 Å². The van der Waals surface area contributed by atoms with Gasteiger partial charge in [0.1, 0.15) is 17.3 Å². The number of hydrogen-bond donors (Lipinski definition) is 1. The van der Waals surface area contributed by atoms with Crippen LogP contribution in [0.5, 0.6) is 0 Å². The molecule has 5 heteroatoms. The number of furan rings is 1. The highest BCUT2D eigenvalue weighted by Gasteiger charge is 2.18. The van der Waals surface area contributed by atoms with Crippen LogP contribution in [0, 0.1) is 19.7 Å². The molecule has 1 heterocycles. The number of nitrogens with zero attached hydrogens (tertiary/aromatic N) is 1. The quantitative estimate of drug-likeness (QED) is 0.923. The van der Waals surface area contributed by atoms with Gasteiger partial charge in [-0.05, 0) is 51.7 Å². The van der Waals surface area contributed by atoms with Gasteiger partial charge < -0.3 is 14.6 Å². The molecule has 1 aromatic heterocycles. The van der Waals surface area contributed by atoms with E-state index in [1.807, 2.05) is 25.1 Å². The minimum absolute atomic E-state index is 0.104. The number of amides is 1. The van der Waals surface area contributed by atoms with Crippen molar-refractivity contribution in [3.63, 3.8) is 0 Å². The molecule has 1 amide bonds. The predicted octanol–water partition coefficient (Wildman–Crippen LogP) is 3.07. The van der Waals surface area contributed by atoms with Crippen LogP contribution in [0.2, 0.25) is 0 Å². The number of benzene rings is 1. The largest absolute Gasteiger partial charge is 0.466 e. The van der Waals surface area contributed by atoms with E-state index in [1.165, 1.54) is 12.1 Å². The Morgan fingerprint density at radius 3 is 2.59 bits per heavy atom. The van der Waals surface area contributed by atoms with Crippen LogP contribution in [0.15, 0.2) is 34.7 Å². The minimum atomic E-state index is -0.281. The number of carbonyl (C=O) groups excluding carboxylic acids is 1. The fourth-order valence-electron chi connectivity index (χ4n) is 2.45. The van der Waals surface area contributed by atoms with E-state index in [0.717, 1.165) is 5.56 Å². The van der Waals surface area contributed by atoms with Gasteiger partial charge in [0.25, 0.3) is 5.91 Å². The van der Waals surface area contributed by atoms with Crippen molar-refractivity contribution in [2.75, 3.05) is 20.6 Å². The number of nitrogens with one attached hydrogen (secondary N) is 1. The lowest BCUT2D eigenvalue weighted by Crippen LogP contribution is -2.34. The van der Waals surface area contributed by atoms with Crippen molar-refractivity contribution >= 4 is 5.91 Å². The van der Waals surface area contributed by atoms with E-state index in [9.17, 15) is 9.18 Å². The average Bonchev–Trinajstić information content (AvgIpc) is 2.77. The number of aryl methyl sites for hydroxylation is 2. The third-order valence-corrected chi connectivity index (χ3v) is 3.60. The second kappa shape index (κ2) is 6.75. The molecular weight excluding hydrogens is 283 g/mol. The lowest BCUT2D eigenvalue weighted by molar-refractivity contribution is 0.0940. The van der Waals surface area contributed by atoms with Crippen molar-refractivity contribution in [1.29, 1.82) is 0 Å². The van der Waals surface area contributed by atoms with Crippen LogP contribution in [-0.2, 0) is 0 Å². The van der Waals surface area contributed by atoms with E-state index in [2.05, 4.69) is 5.32 Å². The number of carbonyl (C=O) groups is 1. The highest BCUT2D eigenvalue weighted by molar-refractivity contribution is 5.95. The summed E-state index contributed by atoms with van der Waals surface area (Å²) in [5.41, 5.74) is 1.36. The maximum atomic E-state index is 13.4. The van der Waals surface area contributed by atoms with Crippen LogP contribution in [0.4, 0.5) is 4.39 Å². The van der Waals surface area contributed by atoms with Gasteiger partial charge in [-0.15, -0.1) is 0 Å². The van der Waals surface area contributed by atoms with E-state index < -0.39 is 0 Å². The van der Waals surface area contributed by atoms with Crippen LogP contribution < -0.4 is 5.32 Å². The number of rotatable bonds is 5. The summed E-state index contributed by atoms with van der Waals surface area (Å²) in [7, 11) is 3.80. The molecule has 0 saturated heterocycles. The fraction of sp³-hybridized carbons (Fsp3) is 0.353. The van der Waals surface area contributed by atoms with Crippen LogP contribution >= 0.6 is 0 Å². The summed E-state index contributed by atoms with van der Waals surface area (Å²) in [6.07, 6.45) is 0. The van der Waals surface area contributed by atoms with Gasteiger partial charge in [0.15, 0.2) is 0 Å². The van der Waals surface area contributed by atoms with Crippen LogP contribution in [0.1, 0.15) is 33.5 Å². The SMILES string of the molecule is Cc1cc(C(=O)NC[C@H](c2cccc(F)c2)N(C)C)c(C)o1. The summed E-state index contributed by atoms with van der Waals surface area (Å²) in [5, 5.41) is 2.89. The molecule has 0 bridgehead atoms. The Morgan fingerprint density at radius 1 is 1.32 bits per heavy atom. The van der Waals surface area contributed by atoms with Crippen LogP contribution in [-0.4, -0.2) is 31.4 Å². The molecule has 0 aliphatic carbocycles. The molecule has 1 atom stereocenters. The van der Waals surface area contributed by atoms with Crippen molar-refractivity contribution in [1.82, 2.24) is 10.2 Å². The van der Waals surface area contributed by atoms with Gasteiger partial charge >= 0.3 is 0 Å². The first kappa shape index (κ1) is 16.2. The van der Waals surface area contributed by atoms with Gasteiger partial charge in [-0.3, -0.25) is 4.79 Å². The maximum absolute atomic E-state index is 13.4. The van der Waals surface area contributed by atoms with Crippen molar-refractivity contribution < 1.29 is 13.6 Å². The minimum Gasteiger partial charge on any atom is -0.466 e. The lowest BCUT2D eigenvalue weighted by Gasteiger charge is -2.25. The Balaban J connectivity index is 2.09. The summed E-state index contributed by atoms with van der Waals surface area (Å²) < 4.78 is 18.8. The van der Waals surface area contributed by atoms with Gasteiger partial charge in [0, 0.05) is 6.54 Å². The zero-order valence-electron chi connectivity index (χ0n) is 13.3. The zero-order chi connectivity index (χ0) is 16.3. The first-order chi connectivity index (χ1) is 10.4. The number of likely N-dealkylation sites (N-methyl/N-ethyl adjacent to an activating group) is 1. The maximum Gasteiger partial charge on any atom is 0.254 e. The molecule has 0 saturated carbocycles. The second-order valence-electron chi connectivity index (χ2n) is 5.57. The molecule has 0 spiro atoms. The summed E-state index contributed by atoms with van der Waals surface area (Å²) in [5.74, 6) is 0.841. The van der Waals surface area contributed by atoms with E-state index >= 15 is 0 Å². The van der Waals surface area contributed by atoms with Gasteiger partial charge in [-0.1, -0.05) is 12.1 Å². The Kier molecular flexibility index (Phi) is 4.98. The van der Waals surface area contributed by atoms with Crippen molar-refractivity contribution in [3.8, 4) is 0 Å². The second-order valence-corrected chi connectivity index (χ2v) is 5.57. The monoisotopic (exact) mass is 304 g/mol. The van der Waals surface area contributed by atoms with Crippen molar-refractivity contribution in [2.45, 2.75) is 19.9 Å². The molecule has 2 rings (SSSR count). The molecule has 0 aliphatic rings. The Hall–Kier alpha value is -2.14. The number of hydrogen-bond acceptors (Lipinski definition) is 3. The summed E-state index contributed by atoms with van der Waals surface area (Å²) in [6.45, 7) is 3.95. The lowest BCUT2D eigenvalue weighted by atomic mass is 10.1. The van der Waals surface area contributed by atoms with Crippen LogP contribution in [0.3, 0.4) is 0 Å². The predicted molar refractivity (Wildman–Crippen MR) is 83.3 cm³/mol. The summed E-state index contributed by atoms with van der Waals surface area (Å²) in [4.78, 5) is 14.2. The highest BCUT2D eigenvalue weighted by Crippen LogP contribution is 2.19. The third kappa shape index (κ3) is 3.74. The van der Waals surface area contributed by atoms with Gasteiger partial charge in [-0.2, -0.15) is 0 Å². The van der Waals surface area contributed by atoms with Crippen LogP contribution in [0.25, 0.3) is 0 Å². The summed E-state index contributed by atoms with van der Waals surface area (Å²) >= 11 is 0. The fourth-order valence-corrected chi connectivity index (χ4v) is 2.45. The molecule has 1 N–H and O–H groups in total. The average molecular weight is 304 g/mol. The molecule has 4 nitrogen and oxygen atoms in total. The zero-order valence-corrected chi connectivity index (χ0v) is 13.3. The van der Waals surface area contributed by atoms with Gasteiger partial charge in [0.05, 0.1) is 11.6 Å². The molecule has 0 radical (unpaired) electrons. The first-order valence-electron chi connectivity index (χ1n) is 7.15. The molecule has 0 unspecified atom stereocenters. The molecule has 2 aromatic rings. The van der Waals surface area contributed by atoms with E-state index in [0.29, 0.717) is 23.6 Å². The molecule has 0 aliphatic heterocycles.